The number of amides is 1. The summed E-state index contributed by atoms with van der Waals surface area (Å²) >= 11 is 1.36. The van der Waals surface area contributed by atoms with Gasteiger partial charge in [0.05, 0.1) is 0 Å². The van der Waals surface area contributed by atoms with Crippen LogP contribution in [-0.4, -0.2) is 37.4 Å². The Morgan fingerprint density at radius 2 is 2.38 bits per heavy atom. The van der Waals surface area contributed by atoms with E-state index >= 15 is 0 Å². The summed E-state index contributed by atoms with van der Waals surface area (Å²) in [5, 5.41) is 11.7. The van der Waals surface area contributed by atoms with Crippen LogP contribution >= 0.6 is 11.8 Å². The summed E-state index contributed by atoms with van der Waals surface area (Å²) in [4.78, 5) is 11.4. The van der Waals surface area contributed by atoms with Gasteiger partial charge >= 0.3 is 0 Å². The third-order valence-electron chi connectivity index (χ3n) is 2.79. The monoisotopic (exact) mass is 242 g/mol. The minimum atomic E-state index is -0.934. The van der Waals surface area contributed by atoms with Gasteiger partial charge in [-0.1, -0.05) is 11.8 Å². The van der Waals surface area contributed by atoms with Crippen molar-refractivity contribution in [2.75, 3.05) is 5.75 Å². The molecule has 88 valence electrons. The predicted molar refractivity (Wildman–Crippen MR) is 58.4 cm³/mol. The Morgan fingerprint density at radius 3 is 2.81 bits per heavy atom. The molecule has 1 fully saturated rings. The first-order chi connectivity index (χ1) is 7.54. The maximum absolute atomic E-state index is 11.4. The molecule has 16 heavy (non-hydrogen) atoms. The molecule has 0 aromatic carbocycles. The van der Waals surface area contributed by atoms with Gasteiger partial charge in [-0.05, 0) is 29.2 Å². The largest absolute Gasteiger partial charge is 0.368 e. The molecule has 1 saturated carbocycles. The molecular weight excluding hydrogens is 228 g/mol. The van der Waals surface area contributed by atoms with E-state index in [9.17, 15) is 4.79 Å². The van der Waals surface area contributed by atoms with Crippen molar-refractivity contribution in [1.29, 1.82) is 0 Å². The van der Waals surface area contributed by atoms with Gasteiger partial charge in [-0.25, -0.2) is 4.68 Å². The number of primary amides is 1. The lowest BCUT2D eigenvalue weighted by molar-refractivity contribution is -0.123. The summed E-state index contributed by atoms with van der Waals surface area (Å²) in [6.45, 7) is 0. The molecule has 0 bridgehead atoms. The SMILES string of the molecule is Cn1nnnc1SCC(N)(C(N)=O)C1CC1. The first-order valence-corrected chi connectivity index (χ1v) is 5.96. The van der Waals surface area contributed by atoms with Crippen molar-refractivity contribution >= 4 is 17.7 Å². The van der Waals surface area contributed by atoms with E-state index in [4.69, 9.17) is 11.5 Å². The number of carbonyl (C=O) groups is 1. The molecule has 1 aliphatic rings. The summed E-state index contributed by atoms with van der Waals surface area (Å²) in [6, 6.07) is 0. The highest BCUT2D eigenvalue weighted by molar-refractivity contribution is 7.99. The number of carbonyl (C=O) groups excluding carboxylic acids is 1. The fraction of sp³-hybridized carbons (Fsp3) is 0.750. The molecule has 0 radical (unpaired) electrons. The second kappa shape index (κ2) is 4.02. The van der Waals surface area contributed by atoms with Crippen LogP contribution in [0.4, 0.5) is 0 Å². The quantitative estimate of drug-likeness (QED) is 0.633. The van der Waals surface area contributed by atoms with Gasteiger partial charge in [0.25, 0.3) is 0 Å². The number of aryl methyl sites for hydroxylation is 1. The molecule has 1 aromatic rings. The fourth-order valence-corrected chi connectivity index (χ4v) is 2.58. The summed E-state index contributed by atoms with van der Waals surface area (Å²) in [5.74, 6) is 0.178. The molecule has 2 rings (SSSR count). The zero-order valence-corrected chi connectivity index (χ0v) is 9.78. The Hall–Kier alpha value is -1.15. The molecule has 1 heterocycles. The molecule has 1 atom stereocenters. The van der Waals surface area contributed by atoms with Crippen molar-refractivity contribution in [3.8, 4) is 0 Å². The molecule has 1 aromatic heterocycles. The molecule has 4 N–H and O–H groups in total. The lowest BCUT2D eigenvalue weighted by Gasteiger charge is -2.24. The highest BCUT2D eigenvalue weighted by Crippen LogP contribution is 2.40. The van der Waals surface area contributed by atoms with E-state index in [1.807, 2.05) is 0 Å². The van der Waals surface area contributed by atoms with Gasteiger partial charge in [0.1, 0.15) is 5.54 Å². The van der Waals surface area contributed by atoms with Crippen LogP contribution in [0.5, 0.6) is 0 Å². The molecular formula is C8H14N6OS. The molecule has 1 amide bonds. The number of hydrogen-bond donors (Lipinski definition) is 2. The summed E-state index contributed by atoms with van der Waals surface area (Å²) in [5.41, 5.74) is 10.5. The lowest BCUT2D eigenvalue weighted by atomic mass is 9.96. The van der Waals surface area contributed by atoms with Gasteiger partial charge in [0, 0.05) is 12.8 Å². The second-order valence-corrected chi connectivity index (χ2v) is 5.00. The Kier molecular flexibility index (Phi) is 2.85. The van der Waals surface area contributed by atoms with Crippen LogP contribution in [0.2, 0.25) is 0 Å². The smallest absolute Gasteiger partial charge is 0.238 e. The van der Waals surface area contributed by atoms with Gasteiger partial charge in [-0.2, -0.15) is 0 Å². The average molecular weight is 242 g/mol. The topological polar surface area (TPSA) is 113 Å². The summed E-state index contributed by atoms with van der Waals surface area (Å²) in [7, 11) is 1.74. The second-order valence-electron chi connectivity index (χ2n) is 4.05. The highest BCUT2D eigenvalue weighted by Gasteiger charge is 2.46. The third-order valence-corrected chi connectivity index (χ3v) is 4.01. The Morgan fingerprint density at radius 1 is 1.69 bits per heavy atom. The average Bonchev–Trinajstić information content (AvgIpc) is 3.00. The number of thioether (sulfide) groups is 1. The van der Waals surface area contributed by atoms with Crippen molar-refractivity contribution in [3.63, 3.8) is 0 Å². The first kappa shape index (κ1) is 11.3. The molecule has 1 unspecified atom stereocenters. The van der Waals surface area contributed by atoms with Crippen LogP contribution in [-0.2, 0) is 11.8 Å². The number of hydrogen-bond acceptors (Lipinski definition) is 6. The molecule has 8 heteroatoms. The Bertz CT molecular complexity index is 403. The van der Waals surface area contributed by atoms with Crippen LogP contribution in [0.15, 0.2) is 5.16 Å². The fourth-order valence-electron chi connectivity index (χ4n) is 1.52. The maximum Gasteiger partial charge on any atom is 0.238 e. The van der Waals surface area contributed by atoms with E-state index in [1.54, 1.807) is 11.7 Å². The van der Waals surface area contributed by atoms with E-state index in [0.29, 0.717) is 10.9 Å². The van der Waals surface area contributed by atoms with Crippen LogP contribution in [0.25, 0.3) is 0 Å². The van der Waals surface area contributed by atoms with Crippen molar-refractivity contribution in [2.24, 2.45) is 24.4 Å². The highest BCUT2D eigenvalue weighted by atomic mass is 32.2. The van der Waals surface area contributed by atoms with Crippen LogP contribution in [0.3, 0.4) is 0 Å². The summed E-state index contributed by atoms with van der Waals surface area (Å²) in [6.07, 6.45) is 1.94. The number of nitrogens with two attached hydrogens (primary N) is 2. The van der Waals surface area contributed by atoms with Crippen LogP contribution in [0, 0.1) is 5.92 Å². The number of rotatable bonds is 5. The van der Waals surface area contributed by atoms with Gasteiger partial charge in [-0.3, -0.25) is 4.79 Å². The lowest BCUT2D eigenvalue weighted by Crippen LogP contribution is -2.56. The minimum absolute atomic E-state index is 0.207. The maximum atomic E-state index is 11.4. The van der Waals surface area contributed by atoms with Crippen molar-refractivity contribution in [3.05, 3.63) is 0 Å². The van der Waals surface area contributed by atoms with Crippen molar-refractivity contribution in [2.45, 2.75) is 23.5 Å². The van der Waals surface area contributed by atoms with Crippen molar-refractivity contribution in [1.82, 2.24) is 20.2 Å². The Balaban J connectivity index is 2.02. The zero-order valence-electron chi connectivity index (χ0n) is 8.96. The van der Waals surface area contributed by atoms with Crippen molar-refractivity contribution < 1.29 is 4.79 Å². The molecule has 0 spiro atoms. The third kappa shape index (κ3) is 2.03. The van der Waals surface area contributed by atoms with Gasteiger partial charge in [0.2, 0.25) is 11.1 Å². The zero-order chi connectivity index (χ0) is 11.8. The Labute approximate surface area is 96.9 Å². The number of aromatic nitrogens is 4. The van der Waals surface area contributed by atoms with Crippen LogP contribution < -0.4 is 11.5 Å². The van der Waals surface area contributed by atoms with E-state index in [1.165, 1.54) is 11.8 Å². The van der Waals surface area contributed by atoms with Gasteiger partial charge < -0.3 is 11.5 Å². The van der Waals surface area contributed by atoms with Gasteiger partial charge in [-0.15, -0.1) is 5.10 Å². The molecule has 0 saturated heterocycles. The number of nitrogens with zero attached hydrogens (tertiary/aromatic N) is 4. The first-order valence-electron chi connectivity index (χ1n) is 4.98. The molecule has 0 aliphatic heterocycles. The minimum Gasteiger partial charge on any atom is -0.368 e. The predicted octanol–water partition coefficient (Wildman–Crippen LogP) is -1.10. The van der Waals surface area contributed by atoms with E-state index in [-0.39, 0.29) is 5.92 Å². The normalized spacial score (nSPS) is 19.4. The standard InChI is InChI=1S/C8H14N6OS/c1-14-7(11-12-13-14)16-4-8(10,6(9)15)5-2-3-5/h5H,2-4,10H2,1H3,(H2,9,15). The molecule has 1 aliphatic carbocycles. The van der Waals surface area contributed by atoms with Crippen LogP contribution in [0.1, 0.15) is 12.8 Å². The van der Waals surface area contributed by atoms with E-state index < -0.39 is 11.4 Å². The molecule has 7 nitrogen and oxygen atoms in total. The number of tetrazole rings is 1. The summed E-state index contributed by atoms with van der Waals surface area (Å²) < 4.78 is 1.54. The van der Waals surface area contributed by atoms with E-state index in [2.05, 4.69) is 15.5 Å². The van der Waals surface area contributed by atoms with E-state index in [0.717, 1.165) is 12.8 Å². The van der Waals surface area contributed by atoms with Gasteiger partial charge in [0.15, 0.2) is 0 Å².